The fourth-order valence-electron chi connectivity index (χ4n) is 4.20. The van der Waals surface area contributed by atoms with Gasteiger partial charge in [0.15, 0.2) is 0 Å². The van der Waals surface area contributed by atoms with Crippen molar-refractivity contribution in [1.82, 2.24) is 0 Å². The van der Waals surface area contributed by atoms with Gasteiger partial charge in [0.2, 0.25) is 11.6 Å². The second-order valence-electron chi connectivity index (χ2n) is 11.3. The van der Waals surface area contributed by atoms with Crippen molar-refractivity contribution in [3.63, 3.8) is 0 Å². The molecule has 0 aromatic carbocycles. The van der Waals surface area contributed by atoms with Gasteiger partial charge < -0.3 is 37.2 Å². The smallest absolute Gasteiger partial charge is 0.813 e. The third-order valence-corrected chi connectivity index (χ3v) is 10.7. The van der Waals surface area contributed by atoms with Crippen molar-refractivity contribution in [3.05, 3.63) is 0 Å². The minimum atomic E-state index is -1.55. The third kappa shape index (κ3) is 56.1. The molecule has 0 aliphatic carbocycles. The van der Waals surface area contributed by atoms with E-state index in [9.17, 15) is 28.8 Å². The molecule has 0 heterocycles. The van der Waals surface area contributed by atoms with Crippen LogP contribution < -0.4 is 0 Å². The minimum Gasteiger partial charge on any atom is -0.813 e. The van der Waals surface area contributed by atoms with E-state index < -0.39 is 47.9 Å². The number of rotatable bonds is 28. The molecule has 12 heteroatoms. The van der Waals surface area contributed by atoms with Crippen LogP contribution >= 0.6 is 0 Å². The van der Waals surface area contributed by atoms with Crippen molar-refractivity contribution >= 4 is 83.2 Å². The number of hydrogen-bond acceptors (Lipinski definition) is 8. The Labute approximate surface area is 317 Å². The molecule has 0 saturated heterocycles. The Morgan fingerprint density at radius 3 is 0.826 bits per heavy atom. The van der Waals surface area contributed by atoms with Crippen LogP contribution in [0, 0.1) is 0 Å². The Balaban J connectivity index is -0.000000158. The molecule has 0 aromatic rings. The summed E-state index contributed by atoms with van der Waals surface area (Å²) >= 11 is 0.0377. The van der Waals surface area contributed by atoms with Crippen LogP contribution in [-0.2, 0) is 75.2 Å². The number of thiol groups is 2. The van der Waals surface area contributed by atoms with Gasteiger partial charge in [0.1, 0.15) is 11.6 Å². The number of unbranched alkanes of at least 4 members (excludes halogenated alkanes) is 18. The number of Topliss-reactive ketones (excluding diaryl/α,β-unsaturated/α-hetero) is 4. The molecule has 0 aliphatic heterocycles. The van der Waals surface area contributed by atoms with Crippen molar-refractivity contribution < 1.29 is 58.5 Å². The summed E-state index contributed by atoms with van der Waals surface area (Å²) in [7, 11) is 0. The van der Waals surface area contributed by atoms with E-state index >= 15 is 0 Å². The van der Waals surface area contributed by atoms with Crippen molar-refractivity contribution in [1.29, 1.82) is 0 Å². The van der Waals surface area contributed by atoms with Gasteiger partial charge in [-0.05, 0) is 13.8 Å². The number of carboxylic acid groups (broad SMARTS) is 2. The molecule has 0 amide bonds. The summed E-state index contributed by atoms with van der Waals surface area (Å²) in [6.45, 7) is 6.95. The molecule has 0 rings (SSSR count). The predicted molar refractivity (Wildman–Crippen MR) is 192 cm³/mol. The van der Waals surface area contributed by atoms with E-state index in [-0.39, 0.29) is 67.6 Å². The molecule has 0 fully saturated rings. The summed E-state index contributed by atoms with van der Waals surface area (Å²) in [6, 6.07) is 0. The number of aliphatic carboxylic acids is 2. The van der Waals surface area contributed by atoms with Gasteiger partial charge in [-0.15, -0.1) is 0 Å². The summed E-state index contributed by atoms with van der Waals surface area (Å²) in [5.74, 6) is -6.06. The zero-order valence-electron chi connectivity index (χ0n) is 29.4. The van der Waals surface area contributed by atoms with Gasteiger partial charge >= 0.3 is 184 Å². The molecule has 0 unspecified atom stereocenters. The van der Waals surface area contributed by atoms with Crippen molar-refractivity contribution in [3.8, 4) is 0 Å². The number of carbonyl (C=O) groups is 6. The molecule has 46 heavy (non-hydrogen) atoms. The fraction of sp³-hybridized carbons (Fsp3) is 0.824. The number of carboxylic acids is 2. The van der Waals surface area contributed by atoms with Gasteiger partial charge in [-0.25, -0.2) is 9.59 Å². The predicted octanol–water partition coefficient (Wildman–Crippen LogP) is 8.06. The monoisotopic (exact) mass is 848 g/mol. The van der Waals surface area contributed by atoms with Crippen LogP contribution in [0.1, 0.15) is 169 Å². The minimum absolute atomic E-state index is 0. The van der Waals surface area contributed by atoms with Crippen molar-refractivity contribution in [2.75, 3.05) is 0 Å². The third-order valence-electron chi connectivity index (χ3n) is 6.71. The van der Waals surface area contributed by atoms with E-state index in [1.165, 1.54) is 129 Å². The molecule has 0 bridgehead atoms. The number of carbonyl (C=O) groups excluding carboxylic acids is 4. The summed E-state index contributed by atoms with van der Waals surface area (Å²) in [5.41, 5.74) is 0. The molecule has 0 aliphatic rings. The summed E-state index contributed by atoms with van der Waals surface area (Å²) in [6.07, 6.45) is 28.8. The standard InChI is InChI=1S/2C12H25.2C5H6O4.2H2S.Sn.Zn/c2*1-3-5-7-9-11-12-10-8-6-4-2;2*1-3(6)2-4(7)5(8)9;;;;/h2*1,3-12H2,2H3;2*2H2,1H3,(H,8,9);2*1H2;;/q;;;;;;+2;/p-2. The zero-order chi connectivity index (χ0) is 33.1. The van der Waals surface area contributed by atoms with Gasteiger partial charge in [0, 0.05) is 19.5 Å². The summed E-state index contributed by atoms with van der Waals surface area (Å²) in [5, 5.41) is 15.9. The molecule has 2 N–H and O–H groups in total. The van der Waals surface area contributed by atoms with Crippen LogP contribution in [0.2, 0.25) is 8.87 Å². The maximum atomic E-state index is 10.1. The van der Waals surface area contributed by atoms with E-state index in [2.05, 4.69) is 13.8 Å². The average molecular weight is 849 g/mol. The van der Waals surface area contributed by atoms with Crippen LogP contribution in [0.5, 0.6) is 0 Å². The van der Waals surface area contributed by atoms with E-state index in [4.69, 9.17) is 10.2 Å². The van der Waals surface area contributed by atoms with Gasteiger partial charge in [0.25, 0.3) is 0 Å². The van der Waals surface area contributed by atoms with Crippen LogP contribution in [0.25, 0.3) is 0 Å². The first kappa shape index (κ1) is 58.0. The normalized spacial score (nSPS) is 9.30. The van der Waals surface area contributed by atoms with Gasteiger partial charge in [-0.2, -0.15) is 0 Å². The Morgan fingerprint density at radius 2 is 0.652 bits per heavy atom. The van der Waals surface area contributed by atoms with Gasteiger partial charge in [-0.3, -0.25) is 19.2 Å². The number of hydrogen-bond donors (Lipinski definition) is 2. The van der Waals surface area contributed by atoms with Gasteiger partial charge in [-0.1, -0.05) is 0 Å². The molecule has 0 saturated carbocycles. The molecule has 0 radical (unpaired) electrons. The maximum absolute atomic E-state index is 10.1. The SMILES string of the molecule is CC(=O)CC(=O)C(=O)O.CC(=O)CC(=O)C(=O)O.CCCCCCCCCCC[CH2][Sn+2][CH2]CCCCCCCCCCC.[SH-].[SH-].[Zn]. The Hall–Kier alpha value is -0.258. The topological polar surface area (TPSA) is 143 Å². The molecule has 0 aromatic heterocycles. The first-order chi connectivity index (χ1) is 20.5. The molecule has 266 valence electrons. The summed E-state index contributed by atoms with van der Waals surface area (Å²) in [4.78, 5) is 59.9. The Morgan fingerprint density at radius 1 is 0.435 bits per heavy atom. The second-order valence-corrected chi connectivity index (χ2v) is 15.6. The first-order valence-corrected chi connectivity index (χ1v) is 20.7. The average Bonchev–Trinajstić information content (AvgIpc) is 2.94. The van der Waals surface area contributed by atoms with E-state index in [1.807, 2.05) is 0 Å². The molecular formula is C34H64O8S2SnZn. The van der Waals surface area contributed by atoms with E-state index in [1.54, 1.807) is 21.7 Å². The molecule has 0 atom stereocenters. The van der Waals surface area contributed by atoms with Crippen molar-refractivity contribution in [2.45, 2.75) is 178 Å². The van der Waals surface area contributed by atoms with Crippen LogP contribution in [0.3, 0.4) is 0 Å². The quantitative estimate of drug-likeness (QED) is 0.0198. The van der Waals surface area contributed by atoms with Crippen LogP contribution in [0.4, 0.5) is 0 Å². The number of ketones is 4. The Kier molecular flexibility index (Phi) is 59.1. The molecular weight excluding hydrogens is 785 g/mol. The van der Waals surface area contributed by atoms with E-state index in [0.29, 0.717) is 0 Å². The molecule has 8 nitrogen and oxygen atoms in total. The first-order valence-electron chi connectivity index (χ1n) is 16.7. The Bertz CT molecular complexity index is 695. The summed E-state index contributed by atoms with van der Waals surface area (Å²) < 4.78 is 3.33. The van der Waals surface area contributed by atoms with Crippen LogP contribution in [-0.4, -0.2) is 66.4 Å². The second kappa shape index (κ2) is 46.9. The fourth-order valence-corrected chi connectivity index (χ4v) is 7.77. The van der Waals surface area contributed by atoms with Gasteiger partial charge in [0.05, 0.1) is 12.8 Å². The van der Waals surface area contributed by atoms with E-state index in [0.717, 1.165) is 0 Å². The zero-order valence-corrected chi connectivity index (χ0v) is 37.0. The molecule has 0 spiro atoms. The van der Waals surface area contributed by atoms with Crippen molar-refractivity contribution in [2.24, 2.45) is 0 Å². The van der Waals surface area contributed by atoms with Crippen LogP contribution in [0.15, 0.2) is 0 Å².